The summed E-state index contributed by atoms with van der Waals surface area (Å²) in [5, 5.41) is 2.69. The van der Waals surface area contributed by atoms with E-state index in [4.69, 9.17) is 4.74 Å². The first kappa shape index (κ1) is 9.80. The molecule has 0 aromatic rings. The Morgan fingerprint density at radius 1 is 1.50 bits per heavy atom. The van der Waals surface area contributed by atoms with Gasteiger partial charge in [-0.25, -0.2) is 0 Å². The van der Waals surface area contributed by atoms with E-state index in [1.54, 1.807) is 0 Å². The Hall–Kier alpha value is -0.290. The number of morpholine rings is 1. The van der Waals surface area contributed by atoms with E-state index in [0.29, 0.717) is 6.54 Å². The molecule has 1 aliphatic heterocycles. The summed E-state index contributed by atoms with van der Waals surface area (Å²) in [5.41, 5.74) is -1.95. The van der Waals surface area contributed by atoms with Crippen LogP contribution in [-0.2, 0) is 4.74 Å². The molecular formula is C7H12F3NO. The molecule has 1 N–H and O–H groups in total. The second kappa shape index (κ2) is 3.22. The first-order chi connectivity index (χ1) is 5.52. The summed E-state index contributed by atoms with van der Waals surface area (Å²) in [4.78, 5) is 0. The monoisotopic (exact) mass is 183 g/mol. The number of rotatable bonds is 1. The van der Waals surface area contributed by atoms with Crippen LogP contribution < -0.4 is 5.32 Å². The summed E-state index contributed by atoms with van der Waals surface area (Å²) in [7, 11) is 0. The Labute approximate surface area is 69.1 Å². The molecule has 12 heavy (non-hydrogen) atoms. The van der Waals surface area contributed by atoms with Crippen LogP contribution in [0.4, 0.5) is 13.2 Å². The molecule has 72 valence electrons. The first-order valence-electron chi connectivity index (χ1n) is 3.93. The maximum Gasteiger partial charge on any atom is 0.418 e. The van der Waals surface area contributed by atoms with Crippen LogP contribution in [0.25, 0.3) is 0 Å². The molecule has 0 saturated carbocycles. The second-order valence-corrected chi connectivity index (χ2v) is 2.87. The summed E-state index contributed by atoms with van der Waals surface area (Å²) in [6.45, 7) is 1.98. The summed E-state index contributed by atoms with van der Waals surface area (Å²) < 4.78 is 42.1. The van der Waals surface area contributed by atoms with Gasteiger partial charge in [0.1, 0.15) is 0 Å². The average Bonchev–Trinajstić information content (AvgIpc) is 2.04. The zero-order chi connectivity index (χ0) is 9.24. The van der Waals surface area contributed by atoms with Crippen molar-refractivity contribution >= 4 is 0 Å². The fraction of sp³-hybridized carbons (Fsp3) is 1.00. The molecule has 1 saturated heterocycles. The van der Waals surface area contributed by atoms with Gasteiger partial charge in [-0.3, -0.25) is 0 Å². The molecule has 0 spiro atoms. The minimum atomic E-state index is -4.27. The normalized spacial score (nSPS) is 32.0. The Balaban J connectivity index is 2.73. The summed E-state index contributed by atoms with van der Waals surface area (Å²) >= 11 is 0. The molecule has 1 aliphatic rings. The Kier molecular flexibility index (Phi) is 2.63. The van der Waals surface area contributed by atoms with Gasteiger partial charge < -0.3 is 10.1 Å². The molecule has 1 unspecified atom stereocenters. The summed E-state index contributed by atoms with van der Waals surface area (Å²) in [6, 6.07) is 0. The molecule has 0 aliphatic carbocycles. The van der Waals surface area contributed by atoms with Crippen molar-refractivity contribution in [2.75, 3.05) is 19.7 Å². The second-order valence-electron chi connectivity index (χ2n) is 2.87. The van der Waals surface area contributed by atoms with E-state index < -0.39 is 11.8 Å². The van der Waals surface area contributed by atoms with Gasteiger partial charge in [-0.1, -0.05) is 6.92 Å². The summed E-state index contributed by atoms with van der Waals surface area (Å²) in [5.74, 6) is 0. The Morgan fingerprint density at radius 3 is 2.42 bits per heavy atom. The molecule has 0 aromatic heterocycles. The number of hydrogen-bond acceptors (Lipinski definition) is 2. The first-order valence-corrected chi connectivity index (χ1v) is 3.93. The Bertz CT molecular complexity index is 151. The van der Waals surface area contributed by atoms with E-state index in [1.807, 2.05) is 0 Å². The molecule has 0 aromatic carbocycles. The minimum absolute atomic E-state index is 0.0382. The molecule has 0 radical (unpaired) electrons. The van der Waals surface area contributed by atoms with Gasteiger partial charge in [0, 0.05) is 13.1 Å². The molecule has 1 rings (SSSR count). The van der Waals surface area contributed by atoms with Crippen molar-refractivity contribution in [2.24, 2.45) is 0 Å². The van der Waals surface area contributed by atoms with Crippen molar-refractivity contribution in [3.8, 4) is 0 Å². The predicted octanol–water partition coefficient (Wildman–Crippen LogP) is 1.32. The molecule has 0 bridgehead atoms. The van der Waals surface area contributed by atoms with Crippen LogP contribution in [0, 0.1) is 0 Å². The van der Waals surface area contributed by atoms with Crippen LogP contribution in [0.1, 0.15) is 13.3 Å². The number of nitrogens with one attached hydrogen (secondary N) is 1. The number of halogens is 3. The van der Waals surface area contributed by atoms with Crippen molar-refractivity contribution in [3.63, 3.8) is 0 Å². The zero-order valence-electron chi connectivity index (χ0n) is 6.87. The van der Waals surface area contributed by atoms with Crippen molar-refractivity contribution in [1.29, 1.82) is 0 Å². The highest BCUT2D eigenvalue weighted by Gasteiger charge is 2.55. The minimum Gasteiger partial charge on any atom is -0.363 e. The molecule has 1 heterocycles. The van der Waals surface area contributed by atoms with E-state index in [1.165, 1.54) is 6.92 Å². The summed E-state index contributed by atoms with van der Waals surface area (Å²) in [6.07, 6.45) is -4.31. The maximum absolute atomic E-state index is 12.4. The van der Waals surface area contributed by atoms with Crippen LogP contribution in [0.2, 0.25) is 0 Å². The van der Waals surface area contributed by atoms with Crippen molar-refractivity contribution in [3.05, 3.63) is 0 Å². The van der Waals surface area contributed by atoms with Crippen LogP contribution in [0.15, 0.2) is 0 Å². The van der Waals surface area contributed by atoms with Gasteiger partial charge in [-0.05, 0) is 6.42 Å². The van der Waals surface area contributed by atoms with Gasteiger partial charge in [0.2, 0.25) is 0 Å². The largest absolute Gasteiger partial charge is 0.418 e. The van der Waals surface area contributed by atoms with Gasteiger partial charge >= 0.3 is 6.18 Å². The smallest absolute Gasteiger partial charge is 0.363 e. The van der Waals surface area contributed by atoms with Crippen LogP contribution in [0.3, 0.4) is 0 Å². The third kappa shape index (κ3) is 1.56. The van der Waals surface area contributed by atoms with Crippen LogP contribution in [-0.4, -0.2) is 31.5 Å². The lowest BCUT2D eigenvalue weighted by molar-refractivity contribution is -0.284. The molecule has 2 nitrogen and oxygen atoms in total. The van der Waals surface area contributed by atoms with E-state index in [0.717, 1.165) is 0 Å². The van der Waals surface area contributed by atoms with Gasteiger partial charge in [-0.2, -0.15) is 13.2 Å². The number of ether oxygens (including phenoxy) is 1. The Morgan fingerprint density at radius 2 is 2.17 bits per heavy atom. The van der Waals surface area contributed by atoms with Crippen molar-refractivity contribution < 1.29 is 17.9 Å². The van der Waals surface area contributed by atoms with E-state index in [-0.39, 0.29) is 19.6 Å². The van der Waals surface area contributed by atoms with Gasteiger partial charge in [0.05, 0.1) is 6.61 Å². The fourth-order valence-corrected chi connectivity index (χ4v) is 1.27. The molecule has 1 atom stereocenters. The number of hydrogen-bond donors (Lipinski definition) is 1. The van der Waals surface area contributed by atoms with E-state index >= 15 is 0 Å². The lowest BCUT2D eigenvalue weighted by Crippen LogP contribution is -2.58. The third-order valence-corrected chi connectivity index (χ3v) is 2.16. The van der Waals surface area contributed by atoms with Gasteiger partial charge in [-0.15, -0.1) is 0 Å². The SMILES string of the molecule is CCC1(C(F)(F)F)CNCCO1. The van der Waals surface area contributed by atoms with E-state index in [9.17, 15) is 13.2 Å². The van der Waals surface area contributed by atoms with Gasteiger partial charge in [0.25, 0.3) is 0 Å². The standard InChI is InChI=1S/C7H12F3NO/c1-2-6(7(8,9)10)5-11-3-4-12-6/h11H,2-5H2,1H3. The van der Waals surface area contributed by atoms with Crippen molar-refractivity contribution in [2.45, 2.75) is 25.1 Å². The highest BCUT2D eigenvalue weighted by molar-refractivity contribution is 4.91. The average molecular weight is 183 g/mol. The molecule has 1 fully saturated rings. The zero-order valence-corrected chi connectivity index (χ0v) is 6.87. The van der Waals surface area contributed by atoms with Crippen LogP contribution >= 0.6 is 0 Å². The quantitative estimate of drug-likeness (QED) is 0.662. The van der Waals surface area contributed by atoms with Crippen LogP contribution in [0.5, 0.6) is 0 Å². The highest BCUT2D eigenvalue weighted by atomic mass is 19.4. The fourth-order valence-electron chi connectivity index (χ4n) is 1.27. The molecule has 0 amide bonds. The maximum atomic E-state index is 12.4. The topological polar surface area (TPSA) is 21.3 Å². The molecular weight excluding hydrogens is 171 g/mol. The molecule has 5 heteroatoms. The lowest BCUT2D eigenvalue weighted by atomic mass is 9.98. The van der Waals surface area contributed by atoms with Crippen molar-refractivity contribution in [1.82, 2.24) is 5.32 Å². The highest BCUT2D eigenvalue weighted by Crippen LogP contribution is 2.36. The third-order valence-electron chi connectivity index (χ3n) is 2.16. The van der Waals surface area contributed by atoms with Gasteiger partial charge in [0.15, 0.2) is 5.60 Å². The lowest BCUT2D eigenvalue weighted by Gasteiger charge is -2.38. The van der Waals surface area contributed by atoms with E-state index in [2.05, 4.69) is 5.32 Å². The number of alkyl halides is 3. The predicted molar refractivity (Wildman–Crippen MR) is 37.9 cm³/mol.